The largest absolute Gasteiger partial charge is 0.495 e. The molecule has 26 heavy (non-hydrogen) atoms. The summed E-state index contributed by atoms with van der Waals surface area (Å²) in [5.41, 5.74) is 8.01. The second kappa shape index (κ2) is 6.58. The lowest BCUT2D eigenvalue weighted by Gasteiger charge is -2.23. The Morgan fingerprint density at radius 3 is 2.77 bits per heavy atom. The minimum Gasteiger partial charge on any atom is -0.495 e. The highest BCUT2D eigenvalue weighted by atomic mass is 16.5. The number of aryl methyl sites for hydroxylation is 1. The quantitative estimate of drug-likeness (QED) is 0.891. The fourth-order valence-corrected chi connectivity index (χ4v) is 4.86. The molecule has 1 aromatic carbocycles. The molecule has 4 unspecified atom stereocenters. The van der Waals surface area contributed by atoms with Crippen molar-refractivity contribution in [1.29, 1.82) is 0 Å². The standard InChI is InChI=1S/C20H27N3O3/c1-12-3-6-18(26-2)17(7-12)23-10-14(8-19(23)24)20(25)22-9-13-4-5-16(21)15(13)11-22/h3,6-7,13-16H,4-5,8-11,21H2,1-2H3. The maximum atomic E-state index is 13.0. The smallest absolute Gasteiger partial charge is 0.228 e. The Kier molecular flexibility index (Phi) is 4.39. The normalized spacial score (nSPS) is 30.8. The summed E-state index contributed by atoms with van der Waals surface area (Å²) < 4.78 is 5.42. The number of nitrogens with zero attached hydrogens (tertiary/aromatic N) is 2. The van der Waals surface area contributed by atoms with Gasteiger partial charge in [-0.15, -0.1) is 0 Å². The average Bonchev–Trinajstić information content (AvgIpc) is 3.30. The number of carbonyl (C=O) groups is 2. The zero-order valence-electron chi connectivity index (χ0n) is 15.5. The van der Waals surface area contributed by atoms with Crippen LogP contribution in [-0.4, -0.2) is 49.5 Å². The Labute approximate surface area is 154 Å². The van der Waals surface area contributed by atoms with Crippen molar-refractivity contribution in [3.63, 3.8) is 0 Å². The molecule has 6 nitrogen and oxygen atoms in total. The van der Waals surface area contributed by atoms with Gasteiger partial charge in [0.2, 0.25) is 11.8 Å². The first-order chi connectivity index (χ1) is 12.5. The molecule has 4 rings (SSSR count). The molecular formula is C20H27N3O3. The number of rotatable bonds is 3. The zero-order chi connectivity index (χ0) is 18.4. The van der Waals surface area contributed by atoms with Gasteiger partial charge in [0.15, 0.2) is 0 Å². The third-order valence-corrected chi connectivity index (χ3v) is 6.32. The van der Waals surface area contributed by atoms with Crippen LogP contribution in [0.15, 0.2) is 18.2 Å². The van der Waals surface area contributed by atoms with E-state index in [4.69, 9.17) is 10.5 Å². The van der Waals surface area contributed by atoms with E-state index >= 15 is 0 Å². The molecule has 4 atom stereocenters. The molecule has 140 valence electrons. The van der Waals surface area contributed by atoms with E-state index in [2.05, 4.69) is 0 Å². The molecule has 0 bridgehead atoms. The summed E-state index contributed by atoms with van der Waals surface area (Å²) in [4.78, 5) is 29.3. The lowest BCUT2D eigenvalue weighted by Crippen LogP contribution is -2.38. The zero-order valence-corrected chi connectivity index (χ0v) is 15.5. The summed E-state index contributed by atoms with van der Waals surface area (Å²) in [6.45, 7) is 3.96. The number of carbonyl (C=O) groups excluding carboxylic acids is 2. The maximum absolute atomic E-state index is 13.0. The molecule has 1 aliphatic carbocycles. The van der Waals surface area contributed by atoms with Crippen molar-refractivity contribution in [2.24, 2.45) is 23.5 Å². The van der Waals surface area contributed by atoms with E-state index in [1.165, 1.54) is 0 Å². The monoisotopic (exact) mass is 357 g/mol. The van der Waals surface area contributed by atoms with Gasteiger partial charge >= 0.3 is 0 Å². The number of methoxy groups -OCH3 is 1. The van der Waals surface area contributed by atoms with E-state index in [1.54, 1.807) is 12.0 Å². The predicted molar refractivity (Wildman–Crippen MR) is 99.0 cm³/mol. The third kappa shape index (κ3) is 2.86. The van der Waals surface area contributed by atoms with Crippen molar-refractivity contribution < 1.29 is 14.3 Å². The van der Waals surface area contributed by atoms with Gasteiger partial charge in [0.1, 0.15) is 5.75 Å². The van der Waals surface area contributed by atoms with Crippen LogP contribution in [0.4, 0.5) is 5.69 Å². The van der Waals surface area contributed by atoms with Gasteiger partial charge in [0.25, 0.3) is 0 Å². The number of ether oxygens (including phenoxy) is 1. The van der Waals surface area contributed by atoms with Gasteiger partial charge in [-0.25, -0.2) is 0 Å². The number of hydrogen-bond acceptors (Lipinski definition) is 4. The molecule has 0 aromatic heterocycles. The van der Waals surface area contributed by atoms with E-state index < -0.39 is 0 Å². The highest BCUT2D eigenvalue weighted by molar-refractivity contribution is 6.01. The number of amides is 2. The predicted octanol–water partition coefficient (Wildman–Crippen LogP) is 1.55. The highest BCUT2D eigenvalue weighted by Crippen LogP contribution is 2.39. The van der Waals surface area contributed by atoms with Crippen LogP contribution in [0.5, 0.6) is 5.75 Å². The number of likely N-dealkylation sites (tertiary alicyclic amines) is 1. The minimum atomic E-state index is -0.275. The van der Waals surface area contributed by atoms with E-state index in [1.807, 2.05) is 30.0 Å². The lowest BCUT2D eigenvalue weighted by atomic mass is 9.98. The Hall–Kier alpha value is -2.08. The molecule has 2 amide bonds. The summed E-state index contributed by atoms with van der Waals surface area (Å²) in [5.74, 6) is 1.46. The first-order valence-corrected chi connectivity index (χ1v) is 9.47. The second-order valence-corrected chi connectivity index (χ2v) is 7.99. The average molecular weight is 357 g/mol. The van der Waals surface area contributed by atoms with Gasteiger partial charge in [0, 0.05) is 32.1 Å². The summed E-state index contributed by atoms with van der Waals surface area (Å²) >= 11 is 0. The third-order valence-electron chi connectivity index (χ3n) is 6.32. The number of hydrogen-bond donors (Lipinski definition) is 1. The fraction of sp³-hybridized carbons (Fsp3) is 0.600. The molecule has 2 N–H and O–H groups in total. The van der Waals surface area contributed by atoms with Gasteiger partial charge in [-0.05, 0) is 49.3 Å². The fourth-order valence-electron chi connectivity index (χ4n) is 4.86. The topological polar surface area (TPSA) is 75.9 Å². The molecular weight excluding hydrogens is 330 g/mol. The molecule has 3 aliphatic rings. The first kappa shape index (κ1) is 17.3. The SMILES string of the molecule is COc1ccc(C)cc1N1CC(C(=O)N2CC3CCC(N)C3C2)CC1=O. The van der Waals surface area contributed by atoms with Crippen LogP contribution in [0.2, 0.25) is 0 Å². The van der Waals surface area contributed by atoms with E-state index in [9.17, 15) is 9.59 Å². The number of anilines is 1. The Morgan fingerprint density at radius 2 is 2.04 bits per heavy atom. The van der Waals surface area contributed by atoms with Crippen molar-refractivity contribution in [3.05, 3.63) is 23.8 Å². The number of benzene rings is 1. The molecule has 2 heterocycles. The molecule has 6 heteroatoms. The van der Waals surface area contributed by atoms with Gasteiger partial charge in [-0.1, -0.05) is 6.07 Å². The van der Waals surface area contributed by atoms with Crippen molar-refractivity contribution in [1.82, 2.24) is 4.90 Å². The first-order valence-electron chi connectivity index (χ1n) is 9.47. The van der Waals surface area contributed by atoms with Crippen molar-refractivity contribution in [3.8, 4) is 5.75 Å². The van der Waals surface area contributed by atoms with Crippen molar-refractivity contribution >= 4 is 17.5 Å². The van der Waals surface area contributed by atoms with Crippen molar-refractivity contribution in [2.75, 3.05) is 31.6 Å². The van der Waals surface area contributed by atoms with Crippen molar-refractivity contribution in [2.45, 2.75) is 32.2 Å². The molecule has 1 saturated carbocycles. The van der Waals surface area contributed by atoms with E-state index in [-0.39, 0.29) is 30.2 Å². The summed E-state index contributed by atoms with van der Waals surface area (Å²) in [7, 11) is 1.60. The summed E-state index contributed by atoms with van der Waals surface area (Å²) in [5, 5.41) is 0. The number of nitrogens with two attached hydrogens (primary N) is 1. The van der Waals surface area contributed by atoms with Crippen LogP contribution < -0.4 is 15.4 Å². The molecule has 2 saturated heterocycles. The van der Waals surface area contributed by atoms with Gasteiger partial charge < -0.3 is 20.3 Å². The van der Waals surface area contributed by atoms with Gasteiger partial charge in [-0.2, -0.15) is 0 Å². The minimum absolute atomic E-state index is 0.0108. The molecule has 2 aliphatic heterocycles. The van der Waals surface area contributed by atoms with Crippen LogP contribution in [0.25, 0.3) is 0 Å². The Balaban J connectivity index is 1.48. The Morgan fingerprint density at radius 1 is 1.23 bits per heavy atom. The van der Waals surface area contributed by atoms with E-state index in [0.717, 1.165) is 37.2 Å². The maximum Gasteiger partial charge on any atom is 0.228 e. The highest BCUT2D eigenvalue weighted by Gasteiger charge is 2.45. The van der Waals surface area contributed by atoms with Crippen LogP contribution in [0, 0.1) is 24.7 Å². The van der Waals surface area contributed by atoms with Crippen LogP contribution in [0.3, 0.4) is 0 Å². The Bertz CT molecular complexity index is 735. The molecule has 3 fully saturated rings. The second-order valence-electron chi connectivity index (χ2n) is 7.99. The molecule has 0 radical (unpaired) electrons. The van der Waals surface area contributed by atoms with E-state index in [0.29, 0.717) is 24.1 Å². The van der Waals surface area contributed by atoms with Crippen LogP contribution in [-0.2, 0) is 9.59 Å². The van der Waals surface area contributed by atoms with Crippen LogP contribution in [0.1, 0.15) is 24.8 Å². The lowest BCUT2D eigenvalue weighted by molar-refractivity contribution is -0.135. The van der Waals surface area contributed by atoms with Gasteiger partial charge in [0.05, 0.1) is 18.7 Å². The summed E-state index contributed by atoms with van der Waals surface area (Å²) in [6, 6.07) is 5.99. The molecule has 1 aromatic rings. The summed E-state index contributed by atoms with van der Waals surface area (Å²) in [6.07, 6.45) is 2.46. The van der Waals surface area contributed by atoms with Gasteiger partial charge in [-0.3, -0.25) is 9.59 Å². The molecule has 0 spiro atoms. The van der Waals surface area contributed by atoms with Crippen LogP contribution >= 0.6 is 0 Å². The number of fused-ring (bicyclic) bond motifs is 1.